The van der Waals surface area contributed by atoms with Crippen molar-refractivity contribution in [2.24, 2.45) is 23.7 Å². The van der Waals surface area contributed by atoms with Crippen molar-refractivity contribution in [2.45, 2.75) is 38.0 Å². The molecule has 8 rings (SSSR count). The summed E-state index contributed by atoms with van der Waals surface area (Å²) in [5.74, 6) is -4.65. The van der Waals surface area contributed by atoms with Gasteiger partial charge in [-0.05, 0) is 84.1 Å². The number of carbonyl (C=O) groups is 4. The van der Waals surface area contributed by atoms with Crippen LogP contribution in [0.3, 0.4) is 0 Å². The van der Waals surface area contributed by atoms with E-state index in [1.165, 1.54) is 18.2 Å². The lowest BCUT2D eigenvalue weighted by molar-refractivity contribution is -0.135. The van der Waals surface area contributed by atoms with Crippen LogP contribution in [0.4, 0.5) is 5.69 Å². The van der Waals surface area contributed by atoms with Crippen LogP contribution in [0.1, 0.15) is 46.6 Å². The molecule has 1 saturated heterocycles. The quantitative estimate of drug-likeness (QED) is 0.158. The summed E-state index contributed by atoms with van der Waals surface area (Å²) in [4.78, 5) is 60.0. The van der Waals surface area contributed by atoms with Crippen molar-refractivity contribution >= 4 is 47.2 Å². The summed E-state index contributed by atoms with van der Waals surface area (Å²) in [7, 11) is -1.78. The Labute approximate surface area is 295 Å². The van der Waals surface area contributed by atoms with Crippen LogP contribution in [0, 0.1) is 37.5 Å². The first-order chi connectivity index (χ1) is 24.5. The van der Waals surface area contributed by atoms with Crippen molar-refractivity contribution in [3.8, 4) is 5.75 Å². The topological polar surface area (TPSA) is 132 Å². The van der Waals surface area contributed by atoms with E-state index in [2.05, 4.69) is 0 Å². The molecule has 9 heteroatoms. The van der Waals surface area contributed by atoms with Gasteiger partial charge in [0.25, 0.3) is 0 Å². The van der Waals surface area contributed by atoms with Gasteiger partial charge in [0.15, 0.2) is 11.6 Å². The van der Waals surface area contributed by atoms with Crippen LogP contribution in [0.15, 0.2) is 115 Å². The number of hydrogen-bond donors (Lipinski definition) is 3. The number of nitrogens with zero attached hydrogens (tertiary/aromatic N) is 1. The zero-order valence-electron chi connectivity index (χ0n) is 28.2. The molecule has 0 aromatic heterocycles. The lowest BCUT2D eigenvalue weighted by Crippen LogP contribution is -2.58. The molecule has 4 aliphatic rings. The average Bonchev–Trinajstić information content (AvgIpc) is 3.40. The number of imide groups is 1. The van der Waals surface area contributed by atoms with E-state index in [9.17, 15) is 24.7 Å². The van der Waals surface area contributed by atoms with Gasteiger partial charge in [-0.25, -0.2) is 0 Å². The van der Waals surface area contributed by atoms with Crippen molar-refractivity contribution in [2.75, 3.05) is 4.90 Å². The SMILES string of the molecule is Cc1cc([C@H]2C3=CC[C@@H]4C(=O)N(c5cccc(B(O)O)c5)C(=O)[C@@H]4[C@@H]3C[C@H]3C(=O)C(c4ccccc4)=CC(=O)[C@@]23c2ccccc2)cc(C)c1O. The number of phenolic OH excluding ortho intramolecular Hbond substituents is 1. The number of ketones is 2. The summed E-state index contributed by atoms with van der Waals surface area (Å²) >= 11 is 0. The maximum atomic E-state index is 15.2. The second-order valence-electron chi connectivity index (χ2n) is 14.3. The van der Waals surface area contributed by atoms with E-state index in [1.807, 2.05) is 78.9 Å². The van der Waals surface area contributed by atoms with E-state index < -0.39 is 48.0 Å². The van der Waals surface area contributed by atoms with Crippen LogP contribution in [-0.4, -0.2) is 45.7 Å². The molecule has 0 spiro atoms. The average molecular weight is 678 g/mol. The molecule has 0 unspecified atom stereocenters. The molecular formula is C42H36BNO7. The zero-order chi connectivity index (χ0) is 35.8. The molecule has 4 aromatic rings. The first-order valence-corrected chi connectivity index (χ1v) is 17.3. The number of fused-ring (bicyclic) bond motifs is 4. The maximum Gasteiger partial charge on any atom is 0.488 e. The van der Waals surface area contributed by atoms with Crippen LogP contribution in [0.5, 0.6) is 5.75 Å². The van der Waals surface area contributed by atoms with Gasteiger partial charge in [-0.3, -0.25) is 24.1 Å². The summed E-state index contributed by atoms with van der Waals surface area (Å²) in [6.07, 6.45) is 3.93. The first-order valence-electron chi connectivity index (χ1n) is 17.3. The lowest BCUT2D eigenvalue weighted by Gasteiger charge is -2.55. The molecule has 6 atom stereocenters. The molecule has 1 aliphatic heterocycles. The van der Waals surface area contributed by atoms with Gasteiger partial charge in [-0.2, -0.15) is 0 Å². The minimum Gasteiger partial charge on any atom is -0.507 e. The predicted octanol–water partition coefficient (Wildman–Crippen LogP) is 4.72. The highest BCUT2D eigenvalue weighted by atomic mass is 16.4. The molecule has 2 amide bonds. The monoisotopic (exact) mass is 677 g/mol. The molecule has 3 aliphatic carbocycles. The molecule has 0 bridgehead atoms. The number of Topliss-reactive ketones (excluding diaryl/α,β-unsaturated/α-hetero) is 1. The second kappa shape index (κ2) is 12.1. The van der Waals surface area contributed by atoms with E-state index in [1.54, 1.807) is 26.0 Å². The number of aryl methyl sites for hydroxylation is 2. The molecule has 4 aromatic carbocycles. The number of benzene rings is 4. The molecule has 51 heavy (non-hydrogen) atoms. The van der Waals surface area contributed by atoms with Gasteiger partial charge in [0.05, 0.1) is 22.9 Å². The van der Waals surface area contributed by atoms with Crippen molar-refractivity contribution < 1.29 is 34.3 Å². The van der Waals surface area contributed by atoms with E-state index in [0.717, 1.165) is 16.0 Å². The summed E-state index contributed by atoms with van der Waals surface area (Å²) < 4.78 is 0. The van der Waals surface area contributed by atoms with Crippen LogP contribution in [0.2, 0.25) is 0 Å². The number of anilines is 1. The highest BCUT2D eigenvalue weighted by molar-refractivity contribution is 6.58. The minimum absolute atomic E-state index is 0.147. The smallest absolute Gasteiger partial charge is 0.488 e. The number of phenols is 1. The van der Waals surface area contributed by atoms with Crippen LogP contribution in [-0.2, 0) is 24.6 Å². The molecular weight excluding hydrogens is 641 g/mol. The minimum atomic E-state index is -1.78. The number of rotatable bonds is 5. The molecule has 8 nitrogen and oxygen atoms in total. The molecule has 1 heterocycles. The Bertz CT molecular complexity index is 2170. The van der Waals surface area contributed by atoms with Crippen molar-refractivity contribution in [1.29, 1.82) is 0 Å². The van der Waals surface area contributed by atoms with Crippen LogP contribution < -0.4 is 10.4 Å². The van der Waals surface area contributed by atoms with Crippen LogP contribution in [0.25, 0.3) is 5.57 Å². The largest absolute Gasteiger partial charge is 0.507 e. The van der Waals surface area contributed by atoms with Crippen LogP contribution >= 0.6 is 0 Å². The van der Waals surface area contributed by atoms with Gasteiger partial charge in [0.2, 0.25) is 11.8 Å². The summed E-state index contributed by atoms with van der Waals surface area (Å²) in [6, 6.07) is 28.4. The van der Waals surface area contributed by atoms with Gasteiger partial charge in [0.1, 0.15) is 5.75 Å². The number of aromatic hydroxyl groups is 1. The van der Waals surface area contributed by atoms with Crippen molar-refractivity contribution in [1.82, 2.24) is 0 Å². The van der Waals surface area contributed by atoms with E-state index in [0.29, 0.717) is 27.8 Å². The van der Waals surface area contributed by atoms with Gasteiger partial charge in [-0.1, -0.05) is 96.6 Å². The third-order valence-electron chi connectivity index (χ3n) is 11.6. The van der Waals surface area contributed by atoms with E-state index >= 15 is 9.59 Å². The number of amides is 2. The van der Waals surface area contributed by atoms with Gasteiger partial charge in [0, 0.05) is 17.4 Å². The molecule has 2 fully saturated rings. The fourth-order valence-electron chi connectivity index (χ4n) is 9.48. The highest BCUT2D eigenvalue weighted by Gasteiger charge is 2.66. The Balaban J connectivity index is 1.36. The lowest BCUT2D eigenvalue weighted by atomic mass is 9.44. The summed E-state index contributed by atoms with van der Waals surface area (Å²) in [5, 5.41) is 30.5. The fourth-order valence-corrected chi connectivity index (χ4v) is 9.48. The summed E-state index contributed by atoms with van der Waals surface area (Å²) in [5.41, 5.74) is 3.53. The van der Waals surface area contributed by atoms with Crippen molar-refractivity contribution in [3.63, 3.8) is 0 Å². The molecule has 254 valence electrons. The Morgan fingerprint density at radius 2 is 1.45 bits per heavy atom. The zero-order valence-corrected chi connectivity index (χ0v) is 28.2. The summed E-state index contributed by atoms with van der Waals surface area (Å²) in [6.45, 7) is 3.61. The van der Waals surface area contributed by atoms with Crippen molar-refractivity contribution in [3.05, 3.63) is 143 Å². The van der Waals surface area contributed by atoms with E-state index in [4.69, 9.17) is 0 Å². The molecule has 3 N–H and O–H groups in total. The van der Waals surface area contributed by atoms with Gasteiger partial charge >= 0.3 is 7.12 Å². The Morgan fingerprint density at radius 3 is 2.12 bits per heavy atom. The second-order valence-corrected chi connectivity index (χ2v) is 14.3. The highest BCUT2D eigenvalue weighted by Crippen LogP contribution is 2.64. The third-order valence-corrected chi connectivity index (χ3v) is 11.6. The number of hydrogen-bond acceptors (Lipinski definition) is 7. The maximum absolute atomic E-state index is 15.2. The Morgan fingerprint density at radius 1 is 0.784 bits per heavy atom. The standard InChI is InChI=1S/C42H36BNO7/c1-23-18-26(19-24(2)38(23)46)37-30-16-17-31-36(41(49)44(40(31)48)29-15-9-14-28(20-29)43(50)51)33(30)21-34-39(47)32(25-10-5-3-6-11-25)22-35(45)42(34,37)27-12-7-4-8-13-27/h3-16,18-20,22,31,33-34,36-37,46,50-51H,17,21H2,1-2H3/t31-,33+,34-,36-,37-,42-/m0/s1. The normalized spacial score (nSPS) is 27.0. The number of allylic oxidation sites excluding steroid dienone is 4. The predicted molar refractivity (Wildman–Crippen MR) is 193 cm³/mol. The fraction of sp³-hybridized carbons (Fsp3) is 0.238. The van der Waals surface area contributed by atoms with Gasteiger partial charge < -0.3 is 15.2 Å². The molecule has 0 radical (unpaired) electrons. The Kier molecular flexibility index (Phi) is 7.81. The van der Waals surface area contributed by atoms with Gasteiger partial charge in [-0.15, -0.1) is 0 Å². The molecule has 1 saturated carbocycles. The third kappa shape index (κ3) is 4.83. The Hall–Kier alpha value is -5.38. The number of carbonyl (C=O) groups excluding carboxylic acids is 4. The first kappa shape index (κ1) is 32.8. The van der Waals surface area contributed by atoms with E-state index in [-0.39, 0.29) is 47.2 Å².